The molecule has 2 amide bonds. The lowest BCUT2D eigenvalue weighted by Crippen LogP contribution is -2.38. The highest BCUT2D eigenvalue weighted by Crippen LogP contribution is 2.24. The van der Waals surface area contributed by atoms with E-state index in [1.165, 1.54) is 0 Å². The third kappa shape index (κ3) is 5.23. The second kappa shape index (κ2) is 8.91. The summed E-state index contributed by atoms with van der Waals surface area (Å²) in [5.41, 5.74) is 8.22. The van der Waals surface area contributed by atoms with Crippen molar-refractivity contribution in [2.75, 3.05) is 23.3 Å². The predicted molar refractivity (Wildman–Crippen MR) is 109 cm³/mol. The quantitative estimate of drug-likeness (QED) is 0.797. The zero-order chi connectivity index (χ0) is 19.2. The fourth-order valence-corrected chi connectivity index (χ4v) is 3.58. The second-order valence-corrected chi connectivity index (χ2v) is 7.26. The van der Waals surface area contributed by atoms with E-state index in [9.17, 15) is 9.59 Å². The van der Waals surface area contributed by atoms with Crippen molar-refractivity contribution < 1.29 is 9.59 Å². The normalized spacial score (nSPS) is 14.8. The molecule has 1 aliphatic rings. The molecule has 0 atom stereocenters. The first kappa shape index (κ1) is 19.2. The summed E-state index contributed by atoms with van der Waals surface area (Å²) in [5, 5.41) is 3.61. The van der Waals surface area contributed by atoms with Gasteiger partial charge in [-0.1, -0.05) is 29.8 Å². The molecule has 3 N–H and O–H groups in total. The highest BCUT2D eigenvalue weighted by molar-refractivity contribution is 6.31. The predicted octanol–water partition coefficient (Wildman–Crippen LogP) is 3.61. The minimum Gasteiger partial charge on any atom is -0.371 e. The topological polar surface area (TPSA) is 75.4 Å². The molecule has 0 unspecified atom stereocenters. The molecule has 1 saturated heterocycles. The lowest BCUT2D eigenvalue weighted by atomic mass is 9.96. The van der Waals surface area contributed by atoms with Crippen LogP contribution in [0.5, 0.6) is 0 Å². The summed E-state index contributed by atoms with van der Waals surface area (Å²) < 4.78 is 0. The van der Waals surface area contributed by atoms with E-state index in [-0.39, 0.29) is 17.7 Å². The van der Waals surface area contributed by atoms with Crippen molar-refractivity contribution in [3.8, 4) is 0 Å². The Hall–Kier alpha value is -2.53. The molecule has 1 fully saturated rings. The minimum absolute atomic E-state index is 0.0158. The molecule has 1 heterocycles. The van der Waals surface area contributed by atoms with Gasteiger partial charge in [-0.05, 0) is 55.2 Å². The Morgan fingerprint density at radius 1 is 1.07 bits per heavy atom. The highest BCUT2D eigenvalue weighted by atomic mass is 35.5. The van der Waals surface area contributed by atoms with Crippen molar-refractivity contribution in [1.29, 1.82) is 0 Å². The van der Waals surface area contributed by atoms with Gasteiger partial charge in [-0.3, -0.25) is 9.59 Å². The number of hydrogen-bond acceptors (Lipinski definition) is 3. The molecular formula is C21H24ClN3O2. The number of rotatable bonds is 6. The number of primary amides is 1. The van der Waals surface area contributed by atoms with Gasteiger partial charge >= 0.3 is 0 Å². The SMILES string of the molecule is NC(=O)C1CCN(c2ccc(NC(=O)CCc3ccccc3Cl)cc2)CC1. The Bertz CT molecular complexity index is 799. The number of amides is 2. The van der Waals surface area contributed by atoms with Crippen LogP contribution in [0, 0.1) is 5.92 Å². The van der Waals surface area contributed by atoms with E-state index in [0.29, 0.717) is 17.9 Å². The van der Waals surface area contributed by atoms with Crippen LogP contribution in [-0.2, 0) is 16.0 Å². The summed E-state index contributed by atoms with van der Waals surface area (Å²) in [5.74, 6) is -0.257. The first-order valence-corrected chi connectivity index (χ1v) is 9.58. The Morgan fingerprint density at radius 3 is 2.37 bits per heavy atom. The molecule has 0 spiro atoms. The van der Waals surface area contributed by atoms with E-state index in [4.69, 9.17) is 17.3 Å². The monoisotopic (exact) mass is 385 g/mol. The third-order valence-electron chi connectivity index (χ3n) is 4.99. The number of anilines is 2. The van der Waals surface area contributed by atoms with Crippen molar-refractivity contribution in [3.05, 3.63) is 59.1 Å². The number of nitrogens with zero attached hydrogens (tertiary/aromatic N) is 1. The lowest BCUT2D eigenvalue weighted by Gasteiger charge is -2.32. The van der Waals surface area contributed by atoms with Crippen molar-refractivity contribution in [1.82, 2.24) is 0 Å². The van der Waals surface area contributed by atoms with Crippen LogP contribution in [0.15, 0.2) is 48.5 Å². The molecule has 2 aromatic rings. The van der Waals surface area contributed by atoms with E-state index in [0.717, 1.165) is 42.9 Å². The standard InChI is InChI=1S/C21H24ClN3O2/c22-19-4-2-1-3-15(19)5-10-20(26)24-17-6-8-18(9-7-17)25-13-11-16(12-14-25)21(23)27/h1-4,6-9,16H,5,10-14H2,(H2,23,27)(H,24,26). The van der Waals surface area contributed by atoms with Gasteiger partial charge in [0, 0.05) is 41.8 Å². The van der Waals surface area contributed by atoms with Gasteiger partial charge in [0.2, 0.25) is 11.8 Å². The van der Waals surface area contributed by atoms with Crippen LogP contribution in [0.4, 0.5) is 11.4 Å². The molecule has 6 heteroatoms. The van der Waals surface area contributed by atoms with Gasteiger partial charge in [0.15, 0.2) is 0 Å². The Labute approximate surface area is 164 Å². The van der Waals surface area contributed by atoms with Crippen LogP contribution in [0.3, 0.4) is 0 Å². The van der Waals surface area contributed by atoms with Crippen LogP contribution in [0.25, 0.3) is 0 Å². The van der Waals surface area contributed by atoms with Gasteiger partial charge in [0.1, 0.15) is 0 Å². The molecule has 1 aliphatic heterocycles. The van der Waals surface area contributed by atoms with E-state index in [1.807, 2.05) is 48.5 Å². The van der Waals surface area contributed by atoms with Gasteiger partial charge in [0.05, 0.1) is 0 Å². The summed E-state index contributed by atoms with van der Waals surface area (Å²) in [7, 11) is 0. The lowest BCUT2D eigenvalue weighted by molar-refractivity contribution is -0.122. The summed E-state index contributed by atoms with van der Waals surface area (Å²) >= 11 is 6.12. The van der Waals surface area contributed by atoms with Gasteiger partial charge in [0.25, 0.3) is 0 Å². The number of hydrogen-bond donors (Lipinski definition) is 2. The molecule has 0 radical (unpaired) electrons. The summed E-state index contributed by atoms with van der Waals surface area (Å²) in [6, 6.07) is 15.4. The Balaban J connectivity index is 1.49. The van der Waals surface area contributed by atoms with E-state index < -0.39 is 0 Å². The van der Waals surface area contributed by atoms with Crippen LogP contribution in [-0.4, -0.2) is 24.9 Å². The first-order chi connectivity index (χ1) is 13.0. The van der Waals surface area contributed by atoms with E-state index in [1.54, 1.807) is 0 Å². The summed E-state index contributed by atoms with van der Waals surface area (Å²) in [6.45, 7) is 1.63. The number of aryl methyl sites for hydroxylation is 1. The molecule has 2 aromatic carbocycles. The largest absolute Gasteiger partial charge is 0.371 e. The minimum atomic E-state index is -0.204. The molecular weight excluding hydrogens is 362 g/mol. The summed E-state index contributed by atoms with van der Waals surface area (Å²) in [6.07, 6.45) is 2.57. The fraction of sp³-hybridized carbons (Fsp3) is 0.333. The number of carbonyl (C=O) groups is 2. The summed E-state index contributed by atoms with van der Waals surface area (Å²) in [4.78, 5) is 25.7. The van der Waals surface area contributed by atoms with E-state index in [2.05, 4.69) is 10.2 Å². The van der Waals surface area contributed by atoms with Crippen molar-refractivity contribution in [2.24, 2.45) is 11.7 Å². The zero-order valence-corrected chi connectivity index (χ0v) is 15.9. The number of halogens is 1. The van der Waals surface area contributed by atoms with Gasteiger partial charge in [-0.15, -0.1) is 0 Å². The number of carbonyl (C=O) groups excluding carboxylic acids is 2. The van der Waals surface area contributed by atoms with Crippen molar-refractivity contribution in [3.63, 3.8) is 0 Å². The molecule has 0 bridgehead atoms. The number of piperidine rings is 1. The van der Waals surface area contributed by atoms with Crippen molar-refractivity contribution >= 4 is 34.8 Å². The Morgan fingerprint density at radius 2 is 1.74 bits per heavy atom. The van der Waals surface area contributed by atoms with Crippen LogP contribution in [0.1, 0.15) is 24.8 Å². The van der Waals surface area contributed by atoms with Gasteiger partial charge in [-0.25, -0.2) is 0 Å². The first-order valence-electron chi connectivity index (χ1n) is 9.20. The van der Waals surface area contributed by atoms with Crippen molar-refractivity contribution in [2.45, 2.75) is 25.7 Å². The maximum Gasteiger partial charge on any atom is 0.224 e. The molecule has 5 nitrogen and oxygen atoms in total. The van der Waals surface area contributed by atoms with Crippen LogP contribution in [0.2, 0.25) is 5.02 Å². The zero-order valence-electron chi connectivity index (χ0n) is 15.2. The Kier molecular flexibility index (Phi) is 6.35. The maximum absolute atomic E-state index is 12.2. The van der Waals surface area contributed by atoms with Gasteiger partial charge < -0.3 is 16.0 Å². The average molecular weight is 386 g/mol. The highest BCUT2D eigenvalue weighted by Gasteiger charge is 2.23. The molecule has 0 aliphatic carbocycles. The molecule has 142 valence electrons. The molecule has 27 heavy (non-hydrogen) atoms. The van der Waals surface area contributed by atoms with Crippen LogP contribution < -0.4 is 16.0 Å². The molecule has 3 rings (SSSR count). The smallest absolute Gasteiger partial charge is 0.224 e. The third-order valence-corrected chi connectivity index (χ3v) is 5.36. The maximum atomic E-state index is 12.2. The number of nitrogens with two attached hydrogens (primary N) is 1. The fourth-order valence-electron chi connectivity index (χ4n) is 3.35. The number of benzene rings is 2. The number of nitrogens with one attached hydrogen (secondary N) is 1. The molecule has 0 saturated carbocycles. The second-order valence-electron chi connectivity index (χ2n) is 6.85. The van der Waals surface area contributed by atoms with Crippen LogP contribution >= 0.6 is 11.6 Å². The van der Waals surface area contributed by atoms with E-state index >= 15 is 0 Å². The van der Waals surface area contributed by atoms with Gasteiger partial charge in [-0.2, -0.15) is 0 Å². The average Bonchev–Trinajstić information content (AvgIpc) is 2.68. The molecule has 0 aromatic heterocycles.